The van der Waals surface area contributed by atoms with E-state index >= 15 is 0 Å². The number of terminal acetylenes is 1. The molecule has 30 heavy (non-hydrogen) atoms. The van der Waals surface area contributed by atoms with E-state index in [4.69, 9.17) is 6.42 Å². The van der Waals surface area contributed by atoms with Gasteiger partial charge in [-0.1, -0.05) is 84.3 Å². The standard InChI is InChI=1S/C28H21FO/c1-3-28(19-7-6-9-25(28)21-13-11-20(2)12-14-21)26-10-5-4-8-24(26)27(30)22-15-17-23(29)18-16-22/h1,4-19,25H,2H3. The molecule has 2 unspecified atom stereocenters. The number of ketones is 1. The van der Waals surface area contributed by atoms with E-state index in [0.29, 0.717) is 11.1 Å². The molecule has 0 fully saturated rings. The molecule has 0 spiro atoms. The second-order valence-corrected chi connectivity index (χ2v) is 7.53. The predicted octanol–water partition coefficient (Wildman–Crippen LogP) is 6.15. The van der Waals surface area contributed by atoms with Gasteiger partial charge >= 0.3 is 0 Å². The van der Waals surface area contributed by atoms with E-state index in [2.05, 4.69) is 36.3 Å². The second-order valence-electron chi connectivity index (χ2n) is 7.53. The summed E-state index contributed by atoms with van der Waals surface area (Å²) in [6, 6.07) is 21.3. The summed E-state index contributed by atoms with van der Waals surface area (Å²) in [5.41, 5.74) is 3.18. The van der Waals surface area contributed by atoms with Gasteiger partial charge in [-0.3, -0.25) is 4.79 Å². The Kier molecular flexibility index (Phi) is 5.21. The van der Waals surface area contributed by atoms with Crippen LogP contribution < -0.4 is 0 Å². The fraction of sp³-hybridized carbons (Fsp3) is 0.107. The first-order valence-electron chi connectivity index (χ1n) is 9.85. The highest BCUT2D eigenvalue weighted by Crippen LogP contribution is 2.44. The third kappa shape index (κ3) is 3.40. The van der Waals surface area contributed by atoms with Gasteiger partial charge in [-0.2, -0.15) is 0 Å². The van der Waals surface area contributed by atoms with Crippen molar-refractivity contribution >= 4 is 5.78 Å². The van der Waals surface area contributed by atoms with Crippen LogP contribution in [0.4, 0.5) is 4.39 Å². The Morgan fingerprint density at radius 1 is 0.967 bits per heavy atom. The number of aryl methyl sites for hydroxylation is 1. The summed E-state index contributed by atoms with van der Waals surface area (Å²) in [5.74, 6) is 2.34. The Bertz CT molecular complexity index is 1180. The molecule has 2 atom stereocenters. The first-order chi connectivity index (χ1) is 14.5. The molecular formula is C28H21FO. The lowest BCUT2D eigenvalue weighted by atomic mass is 9.64. The third-order valence-electron chi connectivity index (χ3n) is 5.66. The summed E-state index contributed by atoms with van der Waals surface area (Å²) in [5, 5.41) is 0. The average molecular weight is 392 g/mol. The van der Waals surface area contributed by atoms with Crippen molar-refractivity contribution in [1.82, 2.24) is 0 Å². The van der Waals surface area contributed by atoms with Gasteiger partial charge in [0.05, 0.1) is 5.41 Å². The molecular weight excluding hydrogens is 371 g/mol. The minimum atomic E-state index is -0.809. The maximum atomic E-state index is 13.4. The van der Waals surface area contributed by atoms with Crippen LogP contribution in [-0.2, 0) is 5.41 Å². The molecule has 3 aromatic carbocycles. The van der Waals surface area contributed by atoms with Crippen molar-refractivity contribution in [2.45, 2.75) is 18.3 Å². The average Bonchev–Trinajstić information content (AvgIpc) is 2.79. The van der Waals surface area contributed by atoms with Gasteiger partial charge < -0.3 is 0 Å². The topological polar surface area (TPSA) is 17.1 Å². The number of hydrogen-bond donors (Lipinski definition) is 0. The molecule has 0 heterocycles. The molecule has 1 aliphatic rings. The molecule has 0 aliphatic heterocycles. The van der Waals surface area contributed by atoms with Gasteiger partial charge in [0.25, 0.3) is 0 Å². The fourth-order valence-corrected chi connectivity index (χ4v) is 4.06. The summed E-state index contributed by atoms with van der Waals surface area (Å²) >= 11 is 0. The minimum absolute atomic E-state index is 0.115. The molecule has 0 N–H and O–H groups in total. The highest BCUT2D eigenvalue weighted by Gasteiger charge is 2.39. The molecule has 0 amide bonds. The van der Waals surface area contributed by atoms with Crippen LogP contribution in [0.5, 0.6) is 0 Å². The fourth-order valence-electron chi connectivity index (χ4n) is 4.06. The van der Waals surface area contributed by atoms with Crippen LogP contribution in [-0.4, -0.2) is 5.78 Å². The Morgan fingerprint density at radius 2 is 1.67 bits per heavy atom. The lowest BCUT2D eigenvalue weighted by Gasteiger charge is -2.36. The Balaban J connectivity index is 1.87. The van der Waals surface area contributed by atoms with Gasteiger partial charge in [0.2, 0.25) is 0 Å². The molecule has 0 radical (unpaired) electrons. The van der Waals surface area contributed by atoms with Gasteiger partial charge in [-0.25, -0.2) is 4.39 Å². The maximum Gasteiger partial charge on any atom is 0.193 e. The van der Waals surface area contributed by atoms with Gasteiger partial charge in [-0.15, -0.1) is 6.42 Å². The smallest absolute Gasteiger partial charge is 0.193 e. The number of carbonyl (C=O) groups excluding carboxylic acids is 1. The first-order valence-corrected chi connectivity index (χ1v) is 9.85. The summed E-state index contributed by atoms with van der Waals surface area (Å²) < 4.78 is 13.4. The summed E-state index contributed by atoms with van der Waals surface area (Å²) in [6.07, 6.45) is 14.2. The zero-order chi connectivity index (χ0) is 21.1. The number of benzene rings is 3. The van der Waals surface area contributed by atoms with Crippen LogP contribution in [0.2, 0.25) is 0 Å². The third-order valence-corrected chi connectivity index (χ3v) is 5.66. The van der Waals surface area contributed by atoms with Crippen LogP contribution in [0, 0.1) is 25.1 Å². The van der Waals surface area contributed by atoms with E-state index in [1.807, 2.05) is 43.4 Å². The summed E-state index contributed by atoms with van der Waals surface area (Å²) in [4.78, 5) is 13.3. The van der Waals surface area contributed by atoms with Crippen LogP contribution in [0.1, 0.15) is 38.5 Å². The SMILES string of the molecule is C#CC1(c2ccccc2C(=O)c2ccc(F)cc2)C=CC=CC1c1ccc(C)cc1. The lowest BCUT2D eigenvalue weighted by molar-refractivity contribution is 0.103. The molecule has 1 aliphatic carbocycles. The monoisotopic (exact) mass is 392 g/mol. The minimum Gasteiger partial charge on any atom is -0.289 e. The van der Waals surface area contributed by atoms with Crippen molar-refractivity contribution < 1.29 is 9.18 Å². The van der Waals surface area contributed by atoms with Gasteiger partial charge in [0.15, 0.2) is 5.78 Å². The van der Waals surface area contributed by atoms with Gasteiger partial charge in [0, 0.05) is 17.0 Å². The molecule has 0 saturated heterocycles. The van der Waals surface area contributed by atoms with E-state index in [1.165, 1.54) is 29.8 Å². The molecule has 0 bridgehead atoms. The van der Waals surface area contributed by atoms with Crippen molar-refractivity contribution in [3.05, 3.63) is 131 Å². The zero-order valence-corrected chi connectivity index (χ0v) is 16.7. The van der Waals surface area contributed by atoms with Crippen molar-refractivity contribution in [2.24, 2.45) is 0 Å². The lowest BCUT2D eigenvalue weighted by Crippen LogP contribution is -2.32. The second kappa shape index (κ2) is 7.97. The van der Waals surface area contributed by atoms with E-state index in [1.54, 1.807) is 6.07 Å². The van der Waals surface area contributed by atoms with E-state index in [9.17, 15) is 9.18 Å². The van der Waals surface area contributed by atoms with Crippen molar-refractivity contribution in [1.29, 1.82) is 0 Å². The number of rotatable bonds is 4. The summed E-state index contributed by atoms with van der Waals surface area (Å²) in [6.45, 7) is 2.05. The number of hydrogen-bond acceptors (Lipinski definition) is 1. The molecule has 4 rings (SSSR count). The maximum absolute atomic E-state index is 13.4. The van der Waals surface area contributed by atoms with Crippen LogP contribution in [0.25, 0.3) is 0 Å². The van der Waals surface area contributed by atoms with E-state index in [0.717, 1.165) is 11.1 Å². The van der Waals surface area contributed by atoms with Crippen LogP contribution >= 0.6 is 0 Å². The molecule has 2 heteroatoms. The Hall–Kier alpha value is -3.70. The van der Waals surface area contributed by atoms with Crippen LogP contribution in [0.3, 0.4) is 0 Å². The van der Waals surface area contributed by atoms with Crippen molar-refractivity contribution in [3.63, 3.8) is 0 Å². The van der Waals surface area contributed by atoms with E-state index < -0.39 is 5.41 Å². The molecule has 0 saturated carbocycles. The highest BCUT2D eigenvalue weighted by molar-refractivity contribution is 6.10. The Morgan fingerprint density at radius 3 is 2.37 bits per heavy atom. The van der Waals surface area contributed by atoms with Gasteiger partial charge in [0.1, 0.15) is 5.82 Å². The number of halogens is 1. The van der Waals surface area contributed by atoms with E-state index in [-0.39, 0.29) is 17.5 Å². The summed E-state index contributed by atoms with van der Waals surface area (Å²) in [7, 11) is 0. The normalized spacial score (nSPS) is 20.0. The molecule has 1 nitrogen and oxygen atoms in total. The quantitative estimate of drug-likeness (QED) is 0.385. The largest absolute Gasteiger partial charge is 0.289 e. The zero-order valence-electron chi connectivity index (χ0n) is 16.7. The molecule has 3 aromatic rings. The first kappa shape index (κ1) is 19.6. The Labute approximate surface area is 176 Å². The highest BCUT2D eigenvalue weighted by atomic mass is 19.1. The predicted molar refractivity (Wildman–Crippen MR) is 119 cm³/mol. The van der Waals surface area contributed by atoms with Crippen molar-refractivity contribution in [3.8, 4) is 12.3 Å². The molecule has 146 valence electrons. The van der Waals surface area contributed by atoms with Gasteiger partial charge in [-0.05, 0) is 42.3 Å². The van der Waals surface area contributed by atoms with Crippen LogP contribution in [0.15, 0.2) is 97.1 Å². The number of carbonyl (C=O) groups is 1. The van der Waals surface area contributed by atoms with Crippen molar-refractivity contribution in [2.75, 3.05) is 0 Å². The molecule has 0 aromatic heterocycles. The number of allylic oxidation sites excluding steroid dienone is 4.